The SMILES string of the molecule is CN(C)Nc1nc(Cl)nc2c1ncn2[C@@H]1O[C@H](CCl)[C@@H](O)[C@H]1O. The van der Waals surface area contributed by atoms with Crippen molar-refractivity contribution in [3.63, 3.8) is 0 Å². The van der Waals surface area contributed by atoms with E-state index in [0.29, 0.717) is 17.0 Å². The predicted molar refractivity (Wildman–Crippen MR) is 84.3 cm³/mol. The molecule has 0 saturated carbocycles. The molecule has 2 aromatic rings. The molecule has 0 spiro atoms. The summed E-state index contributed by atoms with van der Waals surface area (Å²) in [4.78, 5) is 12.5. The Kier molecular flexibility index (Phi) is 4.59. The highest BCUT2D eigenvalue weighted by molar-refractivity contribution is 6.28. The van der Waals surface area contributed by atoms with Crippen LogP contribution < -0.4 is 5.43 Å². The zero-order valence-corrected chi connectivity index (χ0v) is 13.9. The van der Waals surface area contributed by atoms with Gasteiger partial charge in [-0.15, -0.1) is 11.6 Å². The van der Waals surface area contributed by atoms with Crippen molar-refractivity contribution in [2.45, 2.75) is 24.5 Å². The van der Waals surface area contributed by atoms with Gasteiger partial charge in [-0.2, -0.15) is 9.97 Å². The molecule has 126 valence electrons. The van der Waals surface area contributed by atoms with Crippen molar-refractivity contribution in [2.75, 3.05) is 25.4 Å². The Balaban J connectivity index is 2.04. The van der Waals surface area contributed by atoms with E-state index < -0.39 is 24.5 Å². The van der Waals surface area contributed by atoms with E-state index in [-0.39, 0.29) is 11.2 Å². The van der Waals surface area contributed by atoms with Gasteiger partial charge in [0.1, 0.15) is 18.3 Å². The molecule has 2 aromatic heterocycles. The molecule has 0 amide bonds. The Bertz CT molecular complexity index is 711. The minimum atomic E-state index is -1.16. The lowest BCUT2D eigenvalue weighted by Crippen LogP contribution is -2.32. The van der Waals surface area contributed by atoms with E-state index in [2.05, 4.69) is 20.4 Å². The average molecular weight is 363 g/mol. The summed E-state index contributed by atoms with van der Waals surface area (Å²) in [5.74, 6) is 0.482. The van der Waals surface area contributed by atoms with Gasteiger partial charge in [-0.25, -0.2) is 9.99 Å². The van der Waals surface area contributed by atoms with Crippen LogP contribution in [-0.4, -0.2) is 73.0 Å². The largest absolute Gasteiger partial charge is 0.387 e. The van der Waals surface area contributed by atoms with Crippen LogP contribution in [0.2, 0.25) is 5.28 Å². The normalized spacial score (nSPS) is 28.0. The number of hydrazine groups is 1. The van der Waals surface area contributed by atoms with Gasteiger partial charge in [0, 0.05) is 14.1 Å². The Hall–Kier alpha value is -1.23. The molecule has 3 heterocycles. The zero-order valence-electron chi connectivity index (χ0n) is 12.4. The molecule has 11 heteroatoms. The van der Waals surface area contributed by atoms with Crippen molar-refractivity contribution in [3.05, 3.63) is 11.6 Å². The third-order valence-corrected chi connectivity index (χ3v) is 3.96. The molecular formula is C12H16Cl2N6O3. The summed E-state index contributed by atoms with van der Waals surface area (Å²) in [6.07, 6.45) is -2.34. The van der Waals surface area contributed by atoms with Crippen molar-refractivity contribution in [2.24, 2.45) is 0 Å². The van der Waals surface area contributed by atoms with Crippen molar-refractivity contribution >= 4 is 40.2 Å². The molecule has 1 aliphatic rings. The average Bonchev–Trinajstić information content (AvgIpc) is 3.01. The molecule has 3 rings (SSSR count). The zero-order chi connectivity index (χ0) is 16.7. The van der Waals surface area contributed by atoms with Crippen LogP contribution >= 0.6 is 23.2 Å². The molecule has 1 fully saturated rings. The maximum atomic E-state index is 10.2. The Morgan fingerprint density at radius 2 is 2.09 bits per heavy atom. The van der Waals surface area contributed by atoms with Crippen molar-refractivity contribution < 1.29 is 14.9 Å². The van der Waals surface area contributed by atoms with Crippen LogP contribution in [0.1, 0.15) is 6.23 Å². The molecule has 3 N–H and O–H groups in total. The number of aromatic nitrogens is 4. The number of anilines is 1. The van der Waals surface area contributed by atoms with E-state index in [9.17, 15) is 10.2 Å². The van der Waals surface area contributed by atoms with Crippen LogP contribution in [0.3, 0.4) is 0 Å². The second-order valence-corrected chi connectivity index (χ2v) is 6.02. The van der Waals surface area contributed by atoms with Crippen LogP contribution in [0.15, 0.2) is 6.33 Å². The third kappa shape index (κ3) is 2.95. The van der Waals surface area contributed by atoms with Gasteiger partial charge in [0.05, 0.1) is 12.2 Å². The van der Waals surface area contributed by atoms with Crippen molar-refractivity contribution in [3.8, 4) is 0 Å². The van der Waals surface area contributed by atoms with E-state index in [1.165, 1.54) is 10.9 Å². The lowest BCUT2D eigenvalue weighted by Gasteiger charge is -2.17. The second-order valence-electron chi connectivity index (χ2n) is 5.37. The summed E-state index contributed by atoms with van der Waals surface area (Å²) in [6.45, 7) is 0. The Labute approximate surface area is 141 Å². The van der Waals surface area contributed by atoms with Crippen molar-refractivity contribution in [1.29, 1.82) is 0 Å². The quantitative estimate of drug-likeness (QED) is 0.402. The van der Waals surface area contributed by atoms with Crippen LogP contribution in [0, 0.1) is 0 Å². The molecule has 23 heavy (non-hydrogen) atoms. The molecule has 0 aromatic carbocycles. The lowest BCUT2D eigenvalue weighted by molar-refractivity contribution is -0.0291. The molecule has 0 aliphatic carbocycles. The van der Waals surface area contributed by atoms with E-state index in [1.54, 1.807) is 19.1 Å². The summed E-state index contributed by atoms with van der Waals surface area (Å²) in [5, 5.41) is 21.9. The van der Waals surface area contributed by atoms with Gasteiger partial charge in [-0.1, -0.05) is 0 Å². The summed E-state index contributed by atoms with van der Waals surface area (Å²) in [5.41, 5.74) is 3.82. The fourth-order valence-electron chi connectivity index (χ4n) is 2.45. The highest BCUT2D eigenvalue weighted by Crippen LogP contribution is 2.33. The highest BCUT2D eigenvalue weighted by Gasteiger charge is 2.43. The summed E-state index contributed by atoms with van der Waals surface area (Å²) < 4.78 is 7.11. The first-order valence-electron chi connectivity index (χ1n) is 6.84. The van der Waals surface area contributed by atoms with Gasteiger partial charge in [0.15, 0.2) is 23.2 Å². The lowest BCUT2D eigenvalue weighted by atomic mass is 10.1. The Morgan fingerprint density at radius 3 is 2.70 bits per heavy atom. The number of halogens is 2. The monoisotopic (exact) mass is 362 g/mol. The maximum Gasteiger partial charge on any atom is 0.226 e. The van der Waals surface area contributed by atoms with Crippen LogP contribution in [0.5, 0.6) is 0 Å². The van der Waals surface area contributed by atoms with E-state index in [1.807, 2.05) is 0 Å². The topological polar surface area (TPSA) is 109 Å². The number of ether oxygens (including phenoxy) is 1. The van der Waals surface area contributed by atoms with Crippen LogP contribution in [0.25, 0.3) is 11.2 Å². The van der Waals surface area contributed by atoms with E-state index in [4.69, 9.17) is 27.9 Å². The molecule has 1 aliphatic heterocycles. The molecule has 0 unspecified atom stereocenters. The highest BCUT2D eigenvalue weighted by atomic mass is 35.5. The van der Waals surface area contributed by atoms with Gasteiger partial charge in [0.2, 0.25) is 5.28 Å². The first-order valence-corrected chi connectivity index (χ1v) is 7.75. The van der Waals surface area contributed by atoms with Gasteiger partial charge >= 0.3 is 0 Å². The number of rotatable bonds is 4. The Morgan fingerprint density at radius 1 is 1.35 bits per heavy atom. The van der Waals surface area contributed by atoms with Crippen LogP contribution in [0.4, 0.5) is 5.82 Å². The number of aliphatic hydroxyl groups is 2. The number of nitrogens with zero attached hydrogens (tertiary/aromatic N) is 5. The number of fused-ring (bicyclic) bond motifs is 1. The van der Waals surface area contributed by atoms with Gasteiger partial charge in [-0.3, -0.25) is 4.57 Å². The number of nitrogens with one attached hydrogen (secondary N) is 1. The maximum absolute atomic E-state index is 10.2. The third-order valence-electron chi connectivity index (χ3n) is 3.49. The molecule has 1 saturated heterocycles. The van der Waals surface area contributed by atoms with E-state index in [0.717, 1.165) is 0 Å². The van der Waals surface area contributed by atoms with E-state index >= 15 is 0 Å². The summed E-state index contributed by atoms with van der Waals surface area (Å²) >= 11 is 11.7. The predicted octanol–water partition coefficient (Wildman–Crippen LogP) is 0.226. The standard InChI is InChI=1S/C12H16Cl2N6O3/c1-19(2)18-9-6-10(17-12(14)16-9)20(4-15-6)11-8(22)7(21)5(3-13)23-11/h4-5,7-8,11,21-22H,3H2,1-2H3,(H,16,17,18)/t5-,7-,8-,11-/m1/s1. The molecule has 4 atom stereocenters. The number of alkyl halides is 1. The first-order chi connectivity index (χ1) is 10.9. The number of aliphatic hydroxyl groups excluding tert-OH is 2. The second kappa shape index (κ2) is 6.34. The molecule has 0 radical (unpaired) electrons. The van der Waals surface area contributed by atoms with Gasteiger partial charge in [-0.05, 0) is 11.6 Å². The number of hydrogen-bond donors (Lipinski definition) is 3. The minimum Gasteiger partial charge on any atom is -0.387 e. The van der Waals surface area contributed by atoms with Gasteiger partial charge in [0.25, 0.3) is 0 Å². The molecular weight excluding hydrogens is 347 g/mol. The number of hydrogen-bond acceptors (Lipinski definition) is 8. The summed E-state index contributed by atoms with van der Waals surface area (Å²) in [6, 6.07) is 0. The molecule has 9 nitrogen and oxygen atoms in total. The fraction of sp³-hybridized carbons (Fsp3) is 0.583. The number of imidazole rings is 1. The smallest absolute Gasteiger partial charge is 0.226 e. The first kappa shape index (κ1) is 16.6. The van der Waals surface area contributed by atoms with Crippen molar-refractivity contribution in [1.82, 2.24) is 24.5 Å². The summed E-state index contributed by atoms with van der Waals surface area (Å²) in [7, 11) is 3.59. The van der Waals surface area contributed by atoms with Crippen LogP contribution in [-0.2, 0) is 4.74 Å². The van der Waals surface area contributed by atoms with Gasteiger partial charge < -0.3 is 20.4 Å². The molecule has 0 bridgehead atoms. The fourth-order valence-corrected chi connectivity index (χ4v) is 2.87. The minimum absolute atomic E-state index is 0.0190.